The molecule has 4 atom stereocenters. The minimum atomic E-state index is -0.181. The summed E-state index contributed by atoms with van der Waals surface area (Å²) < 4.78 is 11.5. The van der Waals surface area contributed by atoms with Crippen LogP contribution in [0.4, 0.5) is 0 Å². The van der Waals surface area contributed by atoms with E-state index in [1.807, 2.05) is 13.0 Å². The first-order valence-corrected chi connectivity index (χ1v) is 8.65. The molecule has 0 radical (unpaired) electrons. The zero-order chi connectivity index (χ0) is 16.5. The number of carbonyl (C=O) groups is 1. The molecule has 126 valence electrons. The fourth-order valence-corrected chi connectivity index (χ4v) is 3.63. The highest BCUT2D eigenvalue weighted by molar-refractivity contribution is 5.89. The molecule has 1 heterocycles. The molecule has 1 aliphatic carbocycles. The average molecular weight is 309 g/mol. The first-order valence-electron chi connectivity index (χ1n) is 8.65. The standard InChI is InChI=1S/C18H31NO3/c1-7-13(8-2)22-15-11-12(17(20)21-9-3)10-14-16(15)19(14)18(4,5)6/h11,13-16H,7-10H2,1-6H3/t14-,15?,16-,19?/m1/s1. The topological polar surface area (TPSA) is 38.5 Å². The third-order valence-electron chi connectivity index (χ3n) is 4.69. The third-order valence-corrected chi connectivity index (χ3v) is 4.69. The van der Waals surface area contributed by atoms with Crippen LogP contribution in [0.5, 0.6) is 0 Å². The molecule has 4 nitrogen and oxygen atoms in total. The van der Waals surface area contributed by atoms with Crippen molar-refractivity contribution in [2.75, 3.05) is 6.61 Å². The molecular formula is C18H31NO3. The van der Waals surface area contributed by atoms with Crippen LogP contribution in [0.25, 0.3) is 0 Å². The van der Waals surface area contributed by atoms with Crippen molar-refractivity contribution < 1.29 is 14.3 Å². The number of ether oxygens (including phenoxy) is 2. The number of hydrogen-bond acceptors (Lipinski definition) is 4. The van der Waals surface area contributed by atoms with Gasteiger partial charge in [-0.2, -0.15) is 0 Å². The van der Waals surface area contributed by atoms with Gasteiger partial charge in [0.25, 0.3) is 0 Å². The lowest BCUT2D eigenvalue weighted by Crippen LogP contribution is -2.34. The molecule has 0 saturated carbocycles. The monoisotopic (exact) mass is 309 g/mol. The molecule has 1 fully saturated rings. The number of esters is 1. The highest BCUT2D eigenvalue weighted by atomic mass is 16.5. The van der Waals surface area contributed by atoms with Crippen molar-refractivity contribution in [2.24, 2.45) is 0 Å². The van der Waals surface area contributed by atoms with Crippen LogP contribution in [0.1, 0.15) is 60.8 Å². The SMILES string of the molecule is CCOC(=O)C1=CC(OC(CC)CC)[C@H]2[C@@H](C1)N2C(C)(C)C. The zero-order valence-corrected chi connectivity index (χ0v) is 14.9. The molecule has 1 aliphatic heterocycles. The van der Waals surface area contributed by atoms with Gasteiger partial charge in [0, 0.05) is 17.2 Å². The van der Waals surface area contributed by atoms with Gasteiger partial charge >= 0.3 is 5.97 Å². The van der Waals surface area contributed by atoms with Gasteiger partial charge < -0.3 is 9.47 Å². The molecular weight excluding hydrogens is 278 g/mol. The van der Waals surface area contributed by atoms with Gasteiger partial charge in [0.1, 0.15) is 0 Å². The Morgan fingerprint density at radius 3 is 2.45 bits per heavy atom. The minimum Gasteiger partial charge on any atom is -0.463 e. The fourth-order valence-electron chi connectivity index (χ4n) is 3.63. The van der Waals surface area contributed by atoms with Crippen LogP contribution in [0.15, 0.2) is 11.6 Å². The molecule has 0 aromatic heterocycles. The Bertz CT molecular complexity index is 434. The van der Waals surface area contributed by atoms with Crippen LogP contribution in [-0.4, -0.2) is 47.3 Å². The van der Waals surface area contributed by atoms with E-state index in [-0.39, 0.29) is 23.7 Å². The Hall–Kier alpha value is -0.870. The summed E-state index contributed by atoms with van der Waals surface area (Å²) in [5.74, 6) is -0.181. The number of fused-ring (bicyclic) bond motifs is 1. The van der Waals surface area contributed by atoms with Crippen molar-refractivity contribution in [2.45, 2.75) is 90.6 Å². The molecule has 4 heteroatoms. The summed E-state index contributed by atoms with van der Waals surface area (Å²) in [6.45, 7) is 13.3. The maximum Gasteiger partial charge on any atom is 0.333 e. The Balaban J connectivity index is 2.17. The second-order valence-electron chi connectivity index (χ2n) is 7.29. The highest BCUT2D eigenvalue weighted by Gasteiger charge is 2.59. The smallest absolute Gasteiger partial charge is 0.333 e. The van der Waals surface area contributed by atoms with Gasteiger partial charge in [0.05, 0.1) is 24.9 Å². The van der Waals surface area contributed by atoms with Crippen molar-refractivity contribution in [1.29, 1.82) is 0 Å². The van der Waals surface area contributed by atoms with Crippen LogP contribution in [0.2, 0.25) is 0 Å². The quantitative estimate of drug-likeness (QED) is 0.557. The van der Waals surface area contributed by atoms with E-state index in [1.165, 1.54) is 0 Å². The summed E-state index contributed by atoms with van der Waals surface area (Å²) >= 11 is 0. The summed E-state index contributed by atoms with van der Waals surface area (Å²) in [5, 5.41) is 0. The zero-order valence-electron chi connectivity index (χ0n) is 14.9. The largest absolute Gasteiger partial charge is 0.463 e. The highest BCUT2D eigenvalue weighted by Crippen LogP contribution is 2.47. The van der Waals surface area contributed by atoms with E-state index in [0.29, 0.717) is 18.7 Å². The van der Waals surface area contributed by atoms with Gasteiger partial charge in [0.15, 0.2) is 0 Å². The van der Waals surface area contributed by atoms with Crippen LogP contribution >= 0.6 is 0 Å². The second-order valence-corrected chi connectivity index (χ2v) is 7.29. The normalized spacial score (nSPS) is 30.8. The van der Waals surface area contributed by atoms with Crippen molar-refractivity contribution in [3.63, 3.8) is 0 Å². The Morgan fingerprint density at radius 1 is 1.32 bits per heavy atom. The molecule has 0 amide bonds. The Morgan fingerprint density at radius 2 is 1.95 bits per heavy atom. The van der Waals surface area contributed by atoms with Crippen molar-refractivity contribution in [3.05, 3.63) is 11.6 Å². The molecule has 0 bridgehead atoms. The maximum atomic E-state index is 12.1. The summed E-state index contributed by atoms with van der Waals surface area (Å²) in [6, 6.07) is 0.808. The predicted molar refractivity (Wildman–Crippen MR) is 87.7 cm³/mol. The van der Waals surface area contributed by atoms with Gasteiger partial charge in [-0.3, -0.25) is 4.90 Å². The molecule has 2 rings (SSSR count). The minimum absolute atomic E-state index is 0.00211. The van der Waals surface area contributed by atoms with E-state index in [2.05, 4.69) is 39.5 Å². The molecule has 0 spiro atoms. The Kier molecular flexibility index (Phi) is 5.33. The van der Waals surface area contributed by atoms with Crippen LogP contribution in [0.3, 0.4) is 0 Å². The van der Waals surface area contributed by atoms with Crippen molar-refractivity contribution >= 4 is 5.97 Å². The van der Waals surface area contributed by atoms with Crippen molar-refractivity contribution in [1.82, 2.24) is 4.90 Å². The number of carbonyl (C=O) groups excluding carboxylic acids is 1. The molecule has 0 aromatic carbocycles. The van der Waals surface area contributed by atoms with E-state index >= 15 is 0 Å². The van der Waals surface area contributed by atoms with E-state index in [1.54, 1.807) is 0 Å². The van der Waals surface area contributed by atoms with E-state index < -0.39 is 0 Å². The van der Waals surface area contributed by atoms with Crippen LogP contribution in [0, 0.1) is 0 Å². The molecule has 22 heavy (non-hydrogen) atoms. The molecule has 0 N–H and O–H groups in total. The molecule has 1 saturated heterocycles. The van der Waals surface area contributed by atoms with E-state index in [4.69, 9.17) is 9.47 Å². The molecule has 0 aromatic rings. The van der Waals surface area contributed by atoms with Crippen LogP contribution in [-0.2, 0) is 14.3 Å². The fraction of sp³-hybridized carbons (Fsp3) is 0.833. The average Bonchev–Trinajstić information content (AvgIpc) is 3.19. The first kappa shape index (κ1) is 17.5. The number of hydrogen-bond donors (Lipinski definition) is 0. The maximum absolute atomic E-state index is 12.1. The summed E-state index contributed by atoms with van der Waals surface area (Å²) in [6.07, 6.45) is 5.06. The Labute approximate surface area is 134 Å². The van der Waals surface area contributed by atoms with E-state index in [0.717, 1.165) is 24.8 Å². The third kappa shape index (κ3) is 3.54. The summed E-state index contributed by atoms with van der Waals surface area (Å²) in [5.41, 5.74) is 0.883. The predicted octanol–water partition coefficient (Wildman–Crippen LogP) is 3.30. The second kappa shape index (κ2) is 6.71. The summed E-state index contributed by atoms with van der Waals surface area (Å²) in [7, 11) is 0. The van der Waals surface area contributed by atoms with Gasteiger partial charge in [0.2, 0.25) is 0 Å². The lowest BCUT2D eigenvalue weighted by molar-refractivity contribution is -0.138. The van der Waals surface area contributed by atoms with Gasteiger partial charge in [-0.15, -0.1) is 0 Å². The lowest BCUT2D eigenvalue weighted by Gasteiger charge is -2.26. The van der Waals surface area contributed by atoms with E-state index in [9.17, 15) is 4.79 Å². The lowest BCUT2D eigenvalue weighted by atomic mass is 9.97. The number of rotatable bonds is 6. The van der Waals surface area contributed by atoms with Crippen LogP contribution < -0.4 is 0 Å². The van der Waals surface area contributed by atoms with Gasteiger partial charge in [-0.25, -0.2) is 4.79 Å². The van der Waals surface area contributed by atoms with Gasteiger partial charge in [-0.05, 0) is 53.0 Å². The number of nitrogens with zero attached hydrogens (tertiary/aromatic N) is 1. The van der Waals surface area contributed by atoms with Gasteiger partial charge in [-0.1, -0.05) is 13.8 Å². The molecule has 2 unspecified atom stereocenters. The first-order chi connectivity index (χ1) is 10.3. The summed E-state index contributed by atoms with van der Waals surface area (Å²) in [4.78, 5) is 14.6. The van der Waals surface area contributed by atoms with Crippen molar-refractivity contribution in [3.8, 4) is 0 Å². The molecule has 2 aliphatic rings.